The van der Waals surface area contributed by atoms with Gasteiger partial charge in [-0.25, -0.2) is 0 Å². The van der Waals surface area contributed by atoms with Gasteiger partial charge in [-0.3, -0.25) is 4.79 Å². The van der Waals surface area contributed by atoms with E-state index in [0.717, 1.165) is 24.4 Å². The monoisotopic (exact) mass is 307 g/mol. The molecule has 4 nitrogen and oxygen atoms in total. The molecule has 1 aromatic carbocycles. The van der Waals surface area contributed by atoms with Gasteiger partial charge in [0.25, 0.3) is 0 Å². The summed E-state index contributed by atoms with van der Waals surface area (Å²) in [6.45, 7) is 6.28. The highest BCUT2D eigenvalue weighted by molar-refractivity contribution is 5.67. The minimum Gasteiger partial charge on any atom is -0.494 e. The van der Waals surface area contributed by atoms with Crippen molar-refractivity contribution in [1.29, 1.82) is 0 Å². The number of hydrogen-bond acceptors (Lipinski definition) is 3. The largest absolute Gasteiger partial charge is 0.494 e. The third-order valence-corrected chi connectivity index (χ3v) is 3.64. The second-order valence-corrected chi connectivity index (χ2v) is 5.47. The number of carboxylic acid groups (broad SMARTS) is 1. The van der Waals surface area contributed by atoms with Crippen LogP contribution in [-0.2, 0) is 4.79 Å². The van der Waals surface area contributed by atoms with Crippen molar-refractivity contribution in [3.05, 3.63) is 24.3 Å². The van der Waals surface area contributed by atoms with Crippen molar-refractivity contribution in [2.75, 3.05) is 24.6 Å². The Balaban J connectivity index is 2.57. The van der Waals surface area contributed by atoms with Crippen LogP contribution in [0.1, 0.15) is 52.4 Å². The first-order valence-corrected chi connectivity index (χ1v) is 8.37. The number of unbranched alkanes of at least 4 members (excludes halogenated alkanes) is 4. The highest BCUT2D eigenvalue weighted by atomic mass is 16.5. The normalized spacial score (nSPS) is 10.5. The minimum absolute atomic E-state index is 0.169. The van der Waals surface area contributed by atoms with Crippen LogP contribution in [0.3, 0.4) is 0 Å². The lowest BCUT2D eigenvalue weighted by atomic mass is 10.1. The molecule has 0 aliphatic rings. The highest BCUT2D eigenvalue weighted by Gasteiger charge is 2.09. The average molecular weight is 307 g/mol. The molecule has 1 rings (SSSR count). The van der Waals surface area contributed by atoms with Crippen molar-refractivity contribution in [2.24, 2.45) is 0 Å². The van der Waals surface area contributed by atoms with Gasteiger partial charge in [-0.1, -0.05) is 32.6 Å². The quantitative estimate of drug-likeness (QED) is 0.584. The summed E-state index contributed by atoms with van der Waals surface area (Å²) >= 11 is 0. The fourth-order valence-electron chi connectivity index (χ4n) is 2.43. The molecule has 0 bridgehead atoms. The van der Waals surface area contributed by atoms with Crippen LogP contribution in [0.5, 0.6) is 5.75 Å². The SMILES string of the molecule is CCCCCCCN(CCC(=O)O)c1ccc(OCC)cc1. The van der Waals surface area contributed by atoms with Crippen molar-refractivity contribution in [3.8, 4) is 5.75 Å². The third-order valence-electron chi connectivity index (χ3n) is 3.64. The van der Waals surface area contributed by atoms with Gasteiger partial charge in [-0.05, 0) is 37.6 Å². The van der Waals surface area contributed by atoms with E-state index in [9.17, 15) is 4.79 Å². The molecule has 1 aromatic rings. The van der Waals surface area contributed by atoms with E-state index in [1.165, 1.54) is 25.7 Å². The van der Waals surface area contributed by atoms with Gasteiger partial charge in [0, 0.05) is 18.8 Å². The Morgan fingerprint density at radius 2 is 1.73 bits per heavy atom. The molecule has 0 saturated carbocycles. The lowest BCUT2D eigenvalue weighted by Crippen LogP contribution is -2.27. The number of anilines is 1. The number of carboxylic acids is 1. The fraction of sp³-hybridized carbons (Fsp3) is 0.611. The van der Waals surface area contributed by atoms with Crippen LogP contribution in [0.25, 0.3) is 0 Å². The zero-order valence-corrected chi connectivity index (χ0v) is 13.9. The van der Waals surface area contributed by atoms with Crippen molar-refractivity contribution in [2.45, 2.75) is 52.4 Å². The summed E-state index contributed by atoms with van der Waals surface area (Å²) < 4.78 is 5.45. The Kier molecular flexibility index (Phi) is 9.12. The summed E-state index contributed by atoms with van der Waals surface area (Å²) in [5.41, 5.74) is 1.07. The number of hydrogen-bond donors (Lipinski definition) is 1. The molecule has 0 radical (unpaired) electrons. The van der Waals surface area contributed by atoms with E-state index >= 15 is 0 Å². The van der Waals surface area contributed by atoms with Crippen LogP contribution in [0, 0.1) is 0 Å². The average Bonchev–Trinajstić information content (AvgIpc) is 2.51. The molecule has 0 unspecified atom stereocenters. The predicted octanol–water partition coefficient (Wildman–Crippen LogP) is 4.34. The van der Waals surface area contributed by atoms with Crippen LogP contribution >= 0.6 is 0 Å². The molecule has 0 atom stereocenters. The van der Waals surface area contributed by atoms with E-state index in [1.54, 1.807) is 0 Å². The fourth-order valence-corrected chi connectivity index (χ4v) is 2.43. The van der Waals surface area contributed by atoms with E-state index in [2.05, 4.69) is 11.8 Å². The van der Waals surface area contributed by atoms with Crippen LogP contribution < -0.4 is 9.64 Å². The molecule has 0 aliphatic carbocycles. The molecular formula is C18H29NO3. The molecule has 0 saturated heterocycles. The maximum atomic E-state index is 10.8. The van der Waals surface area contributed by atoms with Crippen molar-refractivity contribution >= 4 is 11.7 Å². The number of carbonyl (C=O) groups is 1. The van der Waals surface area contributed by atoms with Gasteiger partial charge < -0.3 is 14.7 Å². The van der Waals surface area contributed by atoms with Crippen LogP contribution in [0.2, 0.25) is 0 Å². The van der Waals surface area contributed by atoms with Crippen molar-refractivity contribution in [3.63, 3.8) is 0 Å². The second kappa shape index (κ2) is 10.9. The summed E-state index contributed by atoms with van der Waals surface area (Å²) in [6, 6.07) is 7.92. The van der Waals surface area contributed by atoms with Gasteiger partial charge in [-0.15, -0.1) is 0 Å². The summed E-state index contributed by atoms with van der Waals surface area (Å²) in [6.07, 6.45) is 6.25. The Hall–Kier alpha value is -1.71. The molecule has 0 heterocycles. The van der Waals surface area contributed by atoms with E-state index in [0.29, 0.717) is 13.2 Å². The number of benzene rings is 1. The van der Waals surface area contributed by atoms with Gasteiger partial charge in [0.05, 0.1) is 13.0 Å². The molecule has 4 heteroatoms. The third kappa shape index (κ3) is 7.34. The second-order valence-electron chi connectivity index (χ2n) is 5.47. The first-order valence-electron chi connectivity index (χ1n) is 8.37. The molecule has 0 spiro atoms. The van der Waals surface area contributed by atoms with E-state index in [1.807, 2.05) is 31.2 Å². The molecule has 0 amide bonds. The standard InChI is InChI=1S/C18H29NO3/c1-3-5-6-7-8-14-19(15-13-18(20)21)16-9-11-17(12-10-16)22-4-2/h9-12H,3-8,13-15H2,1-2H3,(H,20,21). The lowest BCUT2D eigenvalue weighted by molar-refractivity contribution is -0.136. The first-order chi connectivity index (χ1) is 10.7. The maximum absolute atomic E-state index is 10.8. The van der Waals surface area contributed by atoms with Crippen molar-refractivity contribution < 1.29 is 14.6 Å². The molecular weight excluding hydrogens is 278 g/mol. The van der Waals surface area contributed by atoms with E-state index < -0.39 is 5.97 Å². The number of rotatable bonds is 12. The summed E-state index contributed by atoms with van der Waals surface area (Å²) in [7, 11) is 0. The van der Waals surface area contributed by atoms with Gasteiger partial charge in [0.15, 0.2) is 0 Å². The molecule has 0 aromatic heterocycles. The van der Waals surface area contributed by atoms with E-state index in [4.69, 9.17) is 9.84 Å². The number of nitrogens with zero attached hydrogens (tertiary/aromatic N) is 1. The van der Waals surface area contributed by atoms with Crippen molar-refractivity contribution in [1.82, 2.24) is 0 Å². The van der Waals surface area contributed by atoms with Gasteiger partial charge in [0.2, 0.25) is 0 Å². The number of aliphatic carboxylic acids is 1. The molecule has 1 N–H and O–H groups in total. The van der Waals surface area contributed by atoms with Gasteiger partial charge >= 0.3 is 5.97 Å². The summed E-state index contributed by atoms with van der Waals surface area (Å²) in [5, 5.41) is 8.92. The molecule has 124 valence electrons. The Morgan fingerprint density at radius 3 is 2.32 bits per heavy atom. The van der Waals surface area contributed by atoms with Crippen LogP contribution in [-0.4, -0.2) is 30.8 Å². The summed E-state index contributed by atoms with van der Waals surface area (Å²) in [5.74, 6) is 0.106. The van der Waals surface area contributed by atoms with Gasteiger partial charge in [-0.2, -0.15) is 0 Å². The Labute approximate surface area is 134 Å². The molecule has 22 heavy (non-hydrogen) atoms. The number of ether oxygens (including phenoxy) is 1. The molecule has 0 aliphatic heterocycles. The van der Waals surface area contributed by atoms with E-state index in [-0.39, 0.29) is 6.42 Å². The lowest BCUT2D eigenvalue weighted by Gasteiger charge is -2.24. The minimum atomic E-state index is -0.748. The highest BCUT2D eigenvalue weighted by Crippen LogP contribution is 2.20. The van der Waals surface area contributed by atoms with Gasteiger partial charge in [0.1, 0.15) is 5.75 Å². The zero-order chi connectivity index (χ0) is 16.2. The summed E-state index contributed by atoms with van der Waals surface area (Å²) in [4.78, 5) is 13.0. The molecule has 0 fully saturated rings. The topological polar surface area (TPSA) is 49.8 Å². The smallest absolute Gasteiger partial charge is 0.305 e. The first kappa shape index (κ1) is 18.3. The maximum Gasteiger partial charge on any atom is 0.305 e. The Bertz CT molecular complexity index is 417. The predicted molar refractivity (Wildman–Crippen MR) is 90.8 cm³/mol. The van der Waals surface area contributed by atoms with Crippen LogP contribution in [0.4, 0.5) is 5.69 Å². The van der Waals surface area contributed by atoms with Crippen LogP contribution in [0.15, 0.2) is 24.3 Å². The zero-order valence-electron chi connectivity index (χ0n) is 13.9. The Morgan fingerprint density at radius 1 is 1.05 bits per heavy atom.